The number of pyridine rings is 1. The van der Waals surface area contributed by atoms with Gasteiger partial charge in [0.05, 0.1) is 10.6 Å². The number of thiazole rings is 1. The van der Waals surface area contributed by atoms with E-state index in [-0.39, 0.29) is 0 Å². The topological polar surface area (TPSA) is 37.8 Å². The van der Waals surface area contributed by atoms with Gasteiger partial charge in [-0.2, -0.15) is 0 Å². The lowest BCUT2D eigenvalue weighted by Crippen LogP contribution is -2.08. The maximum absolute atomic E-state index is 4.61. The van der Waals surface area contributed by atoms with Gasteiger partial charge in [0.2, 0.25) is 0 Å². The second-order valence-electron chi connectivity index (χ2n) is 5.54. The third-order valence-corrected chi connectivity index (χ3v) is 4.35. The van der Waals surface area contributed by atoms with E-state index in [9.17, 15) is 0 Å². The normalized spacial score (nSPS) is 10.9. The third kappa shape index (κ3) is 3.02. The maximum atomic E-state index is 4.61. The van der Waals surface area contributed by atoms with Gasteiger partial charge >= 0.3 is 0 Å². The van der Waals surface area contributed by atoms with Gasteiger partial charge in [-0.3, -0.25) is 4.98 Å². The summed E-state index contributed by atoms with van der Waals surface area (Å²) in [5, 5.41) is 4.30. The van der Waals surface area contributed by atoms with Crippen LogP contribution in [-0.4, -0.2) is 16.0 Å². The van der Waals surface area contributed by atoms with E-state index in [0.29, 0.717) is 6.04 Å². The van der Waals surface area contributed by atoms with Gasteiger partial charge in [0, 0.05) is 29.6 Å². The Morgan fingerprint density at radius 2 is 1.77 bits per heavy atom. The van der Waals surface area contributed by atoms with Crippen LogP contribution in [0.1, 0.15) is 19.4 Å². The van der Waals surface area contributed by atoms with E-state index in [4.69, 9.17) is 0 Å². The minimum absolute atomic E-state index is 0.378. The lowest BCUT2D eigenvalue weighted by atomic mass is 10.0. The van der Waals surface area contributed by atoms with E-state index in [2.05, 4.69) is 66.4 Å². The molecule has 0 saturated heterocycles. The SMILES string of the molecule is Cc1ccccc1-c1ncccc1-c1cnc(NC(C)C)s1. The summed E-state index contributed by atoms with van der Waals surface area (Å²) < 4.78 is 0. The average molecular weight is 309 g/mol. The molecule has 112 valence electrons. The summed E-state index contributed by atoms with van der Waals surface area (Å²) >= 11 is 1.67. The molecule has 0 fully saturated rings. The average Bonchev–Trinajstić information content (AvgIpc) is 2.95. The molecule has 3 nitrogen and oxygen atoms in total. The van der Waals surface area contributed by atoms with Gasteiger partial charge in [0.15, 0.2) is 5.13 Å². The summed E-state index contributed by atoms with van der Waals surface area (Å²) in [4.78, 5) is 10.2. The zero-order valence-electron chi connectivity index (χ0n) is 13.0. The second-order valence-corrected chi connectivity index (χ2v) is 6.57. The fraction of sp³-hybridized carbons (Fsp3) is 0.222. The molecule has 0 aliphatic heterocycles. The molecule has 0 bridgehead atoms. The standard InChI is InChI=1S/C18H19N3S/c1-12(2)21-18-20-11-16(22-18)15-9-6-10-19-17(15)14-8-5-4-7-13(14)3/h4-12H,1-3H3,(H,20,21). The zero-order valence-corrected chi connectivity index (χ0v) is 13.8. The first-order chi connectivity index (χ1) is 10.6. The monoisotopic (exact) mass is 309 g/mol. The van der Waals surface area contributed by atoms with Gasteiger partial charge in [-0.05, 0) is 38.5 Å². The molecule has 0 saturated carbocycles. The Hall–Kier alpha value is -2.20. The molecule has 3 rings (SSSR count). The second kappa shape index (κ2) is 6.28. The molecule has 2 aromatic heterocycles. The highest BCUT2D eigenvalue weighted by atomic mass is 32.1. The van der Waals surface area contributed by atoms with E-state index in [0.717, 1.165) is 21.3 Å². The van der Waals surface area contributed by atoms with Crippen LogP contribution in [0.25, 0.3) is 21.7 Å². The molecular formula is C18H19N3S. The van der Waals surface area contributed by atoms with Crippen molar-refractivity contribution in [3.63, 3.8) is 0 Å². The predicted octanol–water partition coefficient (Wildman–Crippen LogP) is 5.00. The fourth-order valence-electron chi connectivity index (χ4n) is 2.37. The highest BCUT2D eigenvalue weighted by molar-refractivity contribution is 7.18. The summed E-state index contributed by atoms with van der Waals surface area (Å²) in [5.41, 5.74) is 4.55. The number of aryl methyl sites for hydroxylation is 1. The lowest BCUT2D eigenvalue weighted by Gasteiger charge is -2.09. The van der Waals surface area contributed by atoms with Gasteiger partial charge in [-0.15, -0.1) is 0 Å². The Balaban J connectivity index is 2.05. The fourth-order valence-corrected chi connectivity index (χ4v) is 3.36. The first-order valence-corrected chi connectivity index (χ1v) is 8.20. The van der Waals surface area contributed by atoms with Crippen molar-refractivity contribution in [2.75, 3.05) is 5.32 Å². The van der Waals surface area contributed by atoms with Crippen LogP contribution in [0.4, 0.5) is 5.13 Å². The highest BCUT2D eigenvalue weighted by Crippen LogP contribution is 2.36. The van der Waals surface area contributed by atoms with Crippen LogP contribution < -0.4 is 5.32 Å². The number of anilines is 1. The van der Waals surface area contributed by atoms with Crippen molar-refractivity contribution in [2.24, 2.45) is 0 Å². The van der Waals surface area contributed by atoms with Crippen molar-refractivity contribution < 1.29 is 0 Å². The van der Waals surface area contributed by atoms with Crippen LogP contribution in [0.2, 0.25) is 0 Å². The van der Waals surface area contributed by atoms with E-state index in [1.807, 2.05) is 18.5 Å². The number of hydrogen-bond donors (Lipinski definition) is 1. The molecule has 0 unspecified atom stereocenters. The molecule has 1 aromatic carbocycles. The molecule has 0 aliphatic carbocycles. The number of nitrogens with one attached hydrogen (secondary N) is 1. The molecule has 3 aromatic rings. The Morgan fingerprint density at radius 3 is 2.55 bits per heavy atom. The van der Waals surface area contributed by atoms with Crippen LogP contribution >= 0.6 is 11.3 Å². The quantitative estimate of drug-likeness (QED) is 0.737. The molecule has 0 amide bonds. The minimum Gasteiger partial charge on any atom is -0.359 e. The summed E-state index contributed by atoms with van der Waals surface area (Å²) in [6.07, 6.45) is 3.77. The van der Waals surface area contributed by atoms with Crippen molar-refractivity contribution in [3.8, 4) is 21.7 Å². The first-order valence-electron chi connectivity index (χ1n) is 7.39. The minimum atomic E-state index is 0.378. The molecule has 0 aliphatic rings. The first kappa shape index (κ1) is 14.7. The van der Waals surface area contributed by atoms with E-state index < -0.39 is 0 Å². The van der Waals surface area contributed by atoms with Crippen LogP contribution in [0.15, 0.2) is 48.8 Å². The molecule has 22 heavy (non-hydrogen) atoms. The zero-order chi connectivity index (χ0) is 15.5. The molecule has 0 spiro atoms. The molecule has 1 N–H and O–H groups in total. The number of rotatable bonds is 4. The van der Waals surface area contributed by atoms with Crippen molar-refractivity contribution in [3.05, 3.63) is 54.4 Å². The summed E-state index contributed by atoms with van der Waals surface area (Å²) in [6.45, 7) is 6.35. The summed E-state index contributed by atoms with van der Waals surface area (Å²) in [7, 11) is 0. The molecule has 0 atom stereocenters. The van der Waals surface area contributed by atoms with Crippen molar-refractivity contribution in [1.29, 1.82) is 0 Å². The number of benzene rings is 1. The van der Waals surface area contributed by atoms with Crippen LogP contribution in [0.5, 0.6) is 0 Å². The van der Waals surface area contributed by atoms with Gasteiger partial charge in [0.25, 0.3) is 0 Å². The maximum Gasteiger partial charge on any atom is 0.183 e. The largest absolute Gasteiger partial charge is 0.359 e. The van der Waals surface area contributed by atoms with Crippen molar-refractivity contribution in [2.45, 2.75) is 26.8 Å². The summed E-state index contributed by atoms with van der Waals surface area (Å²) in [5.74, 6) is 0. The van der Waals surface area contributed by atoms with Crippen LogP contribution in [0, 0.1) is 6.92 Å². The number of nitrogens with zero attached hydrogens (tertiary/aromatic N) is 2. The van der Waals surface area contributed by atoms with Gasteiger partial charge in [-0.1, -0.05) is 35.6 Å². The lowest BCUT2D eigenvalue weighted by molar-refractivity contribution is 0.896. The number of aromatic nitrogens is 2. The Labute approximate surface area is 135 Å². The highest BCUT2D eigenvalue weighted by Gasteiger charge is 2.13. The van der Waals surface area contributed by atoms with Gasteiger partial charge < -0.3 is 5.32 Å². The van der Waals surface area contributed by atoms with E-state index in [1.165, 1.54) is 11.1 Å². The Kier molecular flexibility index (Phi) is 4.20. The third-order valence-electron chi connectivity index (χ3n) is 3.39. The Morgan fingerprint density at radius 1 is 1.00 bits per heavy atom. The Bertz CT molecular complexity index is 777. The van der Waals surface area contributed by atoms with Gasteiger partial charge in [-0.25, -0.2) is 4.98 Å². The molecule has 0 radical (unpaired) electrons. The van der Waals surface area contributed by atoms with Crippen molar-refractivity contribution in [1.82, 2.24) is 9.97 Å². The van der Waals surface area contributed by atoms with E-state index in [1.54, 1.807) is 11.3 Å². The molecule has 4 heteroatoms. The molecular weight excluding hydrogens is 290 g/mol. The summed E-state index contributed by atoms with van der Waals surface area (Å²) in [6, 6.07) is 12.8. The van der Waals surface area contributed by atoms with Crippen LogP contribution in [0.3, 0.4) is 0 Å². The van der Waals surface area contributed by atoms with Crippen molar-refractivity contribution >= 4 is 16.5 Å². The smallest absolute Gasteiger partial charge is 0.183 e. The number of hydrogen-bond acceptors (Lipinski definition) is 4. The van der Waals surface area contributed by atoms with E-state index >= 15 is 0 Å². The predicted molar refractivity (Wildman–Crippen MR) is 94.3 cm³/mol. The van der Waals surface area contributed by atoms with Gasteiger partial charge in [0.1, 0.15) is 0 Å². The van der Waals surface area contributed by atoms with Crippen LogP contribution in [-0.2, 0) is 0 Å². The molecule has 2 heterocycles.